The number of hydrogen-bond donors (Lipinski definition) is 1. The molecule has 0 saturated carbocycles. The van der Waals surface area contributed by atoms with E-state index in [1.807, 2.05) is 11.8 Å². The standard InChI is InChI=1S/C9H12ClN3S/c10-7-5-12-6-8(11)9(7)13-1-3-14-4-2-13/h5-6H,1-4,11H2. The number of nitrogen functional groups attached to an aromatic ring is 1. The number of pyridine rings is 1. The molecule has 2 rings (SSSR count). The molecule has 0 atom stereocenters. The van der Waals surface area contributed by atoms with E-state index in [1.54, 1.807) is 12.4 Å². The van der Waals surface area contributed by atoms with Gasteiger partial charge in [-0.2, -0.15) is 11.8 Å². The molecule has 0 aliphatic carbocycles. The van der Waals surface area contributed by atoms with Gasteiger partial charge in [0.15, 0.2) is 0 Å². The molecule has 0 bridgehead atoms. The third-order valence-corrected chi connectivity index (χ3v) is 3.45. The molecule has 0 spiro atoms. The van der Waals surface area contributed by atoms with Crippen LogP contribution in [0.3, 0.4) is 0 Å². The number of aromatic nitrogens is 1. The summed E-state index contributed by atoms with van der Waals surface area (Å²) in [5, 5.41) is 0.650. The Hall–Kier alpha value is -0.610. The summed E-state index contributed by atoms with van der Waals surface area (Å²) >= 11 is 8.04. The minimum atomic E-state index is 0.650. The molecule has 2 N–H and O–H groups in total. The summed E-state index contributed by atoms with van der Waals surface area (Å²) in [5.41, 5.74) is 7.47. The zero-order valence-electron chi connectivity index (χ0n) is 7.74. The molecule has 5 heteroatoms. The Labute approximate surface area is 92.6 Å². The number of thioether (sulfide) groups is 1. The van der Waals surface area contributed by atoms with E-state index >= 15 is 0 Å². The molecule has 1 aliphatic heterocycles. The van der Waals surface area contributed by atoms with Crippen molar-refractivity contribution in [3.63, 3.8) is 0 Å². The van der Waals surface area contributed by atoms with Gasteiger partial charge in [0.05, 0.1) is 22.6 Å². The molecule has 0 amide bonds. The predicted molar refractivity (Wildman–Crippen MR) is 63.2 cm³/mol. The summed E-state index contributed by atoms with van der Waals surface area (Å²) in [5.74, 6) is 2.27. The molecule has 1 saturated heterocycles. The fourth-order valence-corrected chi connectivity index (χ4v) is 2.75. The van der Waals surface area contributed by atoms with Gasteiger partial charge in [-0.1, -0.05) is 11.6 Å². The van der Waals surface area contributed by atoms with Crippen LogP contribution in [-0.4, -0.2) is 29.6 Å². The second kappa shape index (κ2) is 4.28. The van der Waals surface area contributed by atoms with E-state index < -0.39 is 0 Å². The highest BCUT2D eigenvalue weighted by atomic mass is 35.5. The Morgan fingerprint density at radius 1 is 1.36 bits per heavy atom. The first-order valence-electron chi connectivity index (χ1n) is 4.50. The Kier molecular flexibility index (Phi) is 3.03. The van der Waals surface area contributed by atoms with Gasteiger partial charge in [-0.25, -0.2) is 0 Å². The summed E-state index contributed by atoms with van der Waals surface area (Å²) in [7, 11) is 0. The second-order valence-corrected chi connectivity index (χ2v) is 4.79. The van der Waals surface area contributed by atoms with E-state index in [4.69, 9.17) is 17.3 Å². The summed E-state index contributed by atoms with van der Waals surface area (Å²) in [6, 6.07) is 0. The molecule has 14 heavy (non-hydrogen) atoms. The van der Waals surface area contributed by atoms with Crippen LogP contribution in [0.4, 0.5) is 11.4 Å². The summed E-state index contributed by atoms with van der Waals surface area (Å²) in [6.45, 7) is 2.02. The van der Waals surface area contributed by atoms with Crippen LogP contribution < -0.4 is 10.6 Å². The van der Waals surface area contributed by atoms with Gasteiger partial charge in [0.1, 0.15) is 0 Å². The third kappa shape index (κ3) is 1.91. The van der Waals surface area contributed by atoms with Crippen molar-refractivity contribution in [2.75, 3.05) is 35.2 Å². The van der Waals surface area contributed by atoms with Crippen LogP contribution in [0, 0.1) is 0 Å². The van der Waals surface area contributed by atoms with Crippen molar-refractivity contribution in [2.24, 2.45) is 0 Å². The molecule has 0 aromatic carbocycles. The summed E-state index contributed by atoms with van der Waals surface area (Å²) in [6.07, 6.45) is 3.30. The molecule has 1 aromatic rings. The van der Waals surface area contributed by atoms with Gasteiger partial charge in [0.2, 0.25) is 0 Å². The van der Waals surface area contributed by atoms with Gasteiger partial charge in [-0.15, -0.1) is 0 Å². The van der Waals surface area contributed by atoms with Crippen molar-refractivity contribution >= 4 is 34.7 Å². The van der Waals surface area contributed by atoms with Crippen molar-refractivity contribution in [1.82, 2.24) is 4.98 Å². The van der Waals surface area contributed by atoms with Gasteiger partial charge in [0.25, 0.3) is 0 Å². The highest BCUT2D eigenvalue weighted by Gasteiger charge is 2.16. The minimum absolute atomic E-state index is 0.650. The SMILES string of the molecule is Nc1cncc(Cl)c1N1CCSCC1. The van der Waals surface area contributed by atoms with Crippen molar-refractivity contribution in [1.29, 1.82) is 0 Å². The first-order chi connectivity index (χ1) is 6.79. The van der Waals surface area contributed by atoms with Crippen LogP contribution >= 0.6 is 23.4 Å². The fraction of sp³-hybridized carbons (Fsp3) is 0.444. The molecule has 2 heterocycles. The van der Waals surface area contributed by atoms with Crippen LogP contribution in [-0.2, 0) is 0 Å². The van der Waals surface area contributed by atoms with Gasteiger partial charge in [-0.3, -0.25) is 4.98 Å². The smallest absolute Gasteiger partial charge is 0.0843 e. The molecule has 1 aromatic heterocycles. The number of hydrogen-bond acceptors (Lipinski definition) is 4. The molecular formula is C9H12ClN3S. The molecule has 3 nitrogen and oxygen atoms in total. The van der Waals surface area contributed by atoms with E-state index in [2.05, 4.69) is 9.88 Å². The van der Waals surface area contributed by atoms with Crippen LogP contribution in [0.1, 0.15) is 0 Å². The summed E-state index contributed by atoms with van der Waals surface area (Å²) in [4.78, 5) is 6.18. The predicted octanol–water partition coefficient (Wildman–Crippen LogP) is 1.87. The molecular weight excluding hydrogens is 218 g/mol. The largest absolute Gasteiger partial charge is 0.396 e. The van der Waals surface area contributed by atoms with E-state index in [-0.39, 0.29) is 0 Å². The quantitative estimate of drug-likeness (QED) is 0.799. The van der Waals surface area contributed by atoms with Crippen molar-refractivity contribution < 1.29 is 0 Å². The van der Waals surface area contributed by atoms with Crippen molar-refractivity contribution in [2.45, 2.75) is 0 Å². The zero-order chi connectivity index (χ0) is 9.97. The van der Waals surface area contributed by atoms with Gasteiger partial charge >= 0.3 is 0 Å². The first kappa shape index (κ1) is 9.93. The minimum Gasteiger partial charge on any atom is -0.396 e. The number of halogens is 1. The van der Waals surface area contributed by atoms with Crippen LogP contribution in [0.15, 0.2) is 12.4 Å². The Morgan fingerprint density at radius 3 is 2.71 bits per heavy atom. The maximum absolute atomic E-state index is 6.07. The monoisotopic (exact) mass is 229 g/mol. The maximum atomic E-state index is 6.07. The number of nitrogens with two attached hydrogens (primary N) is 1. The highest BCUT2D eigenvalue weighted by molar-refractivity contribution is 7.99. The molecule has 0 radical (unpaired) electrons. The van der Waals surface area contributed by atoms with Crippen molar-refractivity contribution in [3.05, 3.63) is 17.4 Å². The maximum Gasteiger partial charge on any atom is 0.0843 e. The fourth-order valence-electron chi connectivity index (χ4n) is 1.56. The normalized spacial score (nSPS) is 17.1. The highest BCUT2D eigenvalue weighted by Crippen LogP contribution is 2.32. The number of nitrogens with zero attached hydrogens (tertiary/aromatic N) is 2. The lowest BCUT2D eigenvalue weighted by Crippen LogP contribution is -2.33. The van der Waals surface area contributed by atoms with E-state index in [9.17, 15) is 0 Å². The third-order valence-electron chi connectivity index (χ3n) is 2.23. The lowest BCUT2D eigenvalue weighted by atomic mass is 10.3. The van der Waals surface area contributed by atoms with Gasteiger partial charge in [-0.05, 0) is 0 Å². The summed E-state index contributed by atoms with van der Waals surface area (Å²) < 4.78 is 0. The average molecular weight is 230 g/mol. The van der Waals surface area contributed by atoms with E-state index in [1.165, 1.54) is 0 Å². The number of rotatable bonds is 1. The van der Waals surface area contributed by atoms with E-state index in [0.717, 1.165) is 30.3 Å². The van der Waals surface area contributed by atoms with Crippen LogP contribution in [0.25, 0.3) is 0 Å². The van der Waals surface area contributed by atoms with Gasteiger partial charge in [0, 0.05) is 30.8 Å². The van der Waals surface area contributed by atoms with E-state index in [0.29, 0.717) is 10.7 Å². The molecule has 1 fully saturated rings. The lowest BCUT2D eigenvalue weighted by Gasteiger charge is -2.29. The molecule has 1 aliphatic rings. The van der Waals surface area contributed by atoms with Crippen LogP contribution in [0.2, 0.25) is 5.02 Å². The number of anilines is 2. The second-order valence-electron chi connectivity index (χ2n) is 3.16. The van der Waals surface area contributed by atoms with Crippen molar-refractivity contribution in [3.8, 4) is 0 Å². The molecule has 76 valence electrons. The van der Waals surface area contributed by atoms with Gasteiger partial charge < -0.3 is 10.6 Å². The zero-order valence-corrected chi connectivity index (χ0v) is 9.31. The average Bonchev–Trinajstić information content (AvgIpc) is 2.19. The first-order valence-corrected chi connectivity index (χ1v) is 6.04. The Morgan fingerprint density at radius 2 is 2.07 bits per heavy atom. The molecule has 0 unspecified atom stereocenters. The van der Waals surface area contributed by atoms with Crippen LogP contribution in [0.5, 0.6) is 0 Å². The Bertz CT molecular complexity index is 306. The Balaban J connectivity index is 2.29. The lowest BCUT2D eigenvalue weighted by molar-refractivity contribution is 0.859. The topological polar surface area (TPSA) is 42.1 Å².